The summed E-state index contributed by atoms with van der Waals surface area (Å²) in [6, 6.07) is 20.8. The zero-order chi connectivity index (χ0) is 23.1. The molecule has 3 N–H and O–H groups in total. The lowest BCUT2D eigenvalue weighted by Crippen LogP contribution is -2.40. The number of carboxylic acid groups (broad SMARTS) is 1. The highest BCUT2D eigenvalue weighted by Gasteiger charge is 2.38. The first kappa shape index (κ1) is 24.1. The number of para-hydroxylation sites is 1. The van der Waals surface area contributed by atoms with Gasteiger partial charge >= 0.3 is 5.97 Å². The lowest BCUT2D eigenvalue weighted by atomic mass is 9.64. The Kier molecular flexibility index (Phi) is 8.14. The Balaban J connectivity index is 0.000000182. The smallest absolute Gasteiger partial charge is 0.303 e. The van der Waals surface area contributed by atoms with Crippen molar-refractivity contribution >= 4 is 16.9 Å². The molecule has 3 aromatic rings. The number of carbonyl (C=O) groups is 1. The van der Waals surface area contributed by atoms with E-state index in [9.17, 15) is 9.90 Å². The number of rotatable bonds is 6. The molecular weight excluding hydrogens is 398 g/mol. The van der Waals surface area contributed by atoms with Gasteiger partial charge in [-0.05, 0) is 72.4 Å². The molecule has 1 saturated carbocycles. The molecule has 0 spiro atoms. The molecule has 2 aromatic carbocycles. The van der Waals surface area contributed by atoms with Crippen LogP contribution in [0.1, 0.15) is 64.1 Å². The number of aliphatic hydroxyl groups is 1. The quantitative estimate of drug-likeness (QED) is 0.423. The molecule has 172 valence electrons. The summed E-state index contributed by atoms with van der Waals surface area (Å²) in [4.78, 5) is 13.6. The van der Waals surface area contributed by atoms with Crippen LogP contribution in [0.2, 0.25) is 0 Å². The van der Waals surface area contributed by atoms with Crippen molar-refractivity contribution in [2.45, 2.75) is 70.8 Å². The van der Waals surface area contributed by atoms with Crippen molar-refractivity contribution in [3.8, 4) is 0 Å². The highest BCUT2D eigenvalue weighted by Crippen LogP contribution is 2.43. The summed E-state index contributed by atoms with van der Waals surface area (Å²) in [6.45, 7) is 6.74. The minimum absolute atomic E-state index is 0.144. The Bertz CT molecular complexity index is 961. The van der Waals surface area contributed by atoms with Gasteiger partial charge in [-0.25, -0.2) is 0 Å². The van der Waals surface area contributed by atoms with Gasteiger partial charge in [-0.3, -0.25) is 4.79 Å². The Morgan fingerprint density at radius 3 is 2.44 bits per heavy atom. The number of aromatic nitrogens is 1. The Morgan fingerprint density at radius 1 is 1.12 bits per heavy atom. The second-order valence-corrected chi connectivity index (χ2v) is 9.77. The summed E-state index contributed by atoms with van der Waals surface area (Å²) in [5, 5.41) is 20.0. The first-order valence-electron chi connectivity index (χ1n) is 11.8. The van der Waals surface area contributed by atoms with Gasteiger partial charge in [-0.15, -0.1) is 0 Å². The monoisotopic (exact) mass is 435 g/mol. The van der Waals surface area contributed by atoms with E-state index in [-0.39, 0.29) is 17.9 Å². The third-order valence-electron chi connectivity index (χ3n) is 6.93. The Labute approximate surface area is 191 Å². The number of aliphatic carboxylic acids is 1. The van der Waals surface area contributed by atoms with Crippen LogP contribution in [0.4, 0.5) is 0 Å². The number of hydrogen-bond acceptors (Lipinski definition) is 2. The lowest BCUT2D eigenvalue weighted by molar-refractivity contribution is -0.137. The number of H-pyrrole nitrogens is 1. The molecule has 1 aliphatic rings. The molecule has 0 amide bonds. The number of aryl methyl sites for hydroxylation is 1. The number of fused-ring (bicyclic) bond motifs is 1. The van der Waals surface area contributed by atoms with Crippen LogP contribution in [0, 0.1) is 11.8 Å². The highest BCUT2D eigenvalue weighted by atomic mass is 16.4. The molecule has 0 bridgehead atoms. The van der Waals surface area contributed by atoms with E-state index in [2.05, 4.69) is 62.2 Å². The molecule has 0 radical (unpaired) electrons. The molecular formula is C28H37NO3. The van der Waals surface area contributed by atoms with E-state index in [1.54, 1.807) is 0 Å². The molecule has 1 fully saturated rings. The van der Waals surface area contributed by atoms with E-state index in [1.165, 1.54) is 17.4 Å². The minimum atomic E-state index is -0.730. The maximum absolute atomic E-state index is 10.4. The predicted octanol–water partition coefficient (Wildman–Crippen LogP) is 6.34. The molecule has 3 atom stereocenters. The number of carboxylic acids is 1. The third kappa shape index (κ3) is 6.23. The molecule has 0 aliphatic heterocycles. The number of aliphatic hydroxyl groups excluding tert-OH is 1. The highest BCUT2D eigenvalue weighted by molar-refractivity contribution is 5.80. The SMILES string of the molecule is CC(C)C1CCC(C)(c2ccccc2)CC1O.O=C(O)CCCc1cc2ccccc2[nH]1. The molecule has 0 saturated heterocycles. The summed E-state index contributed by atoms with van der Waals surface area (Å²) in [6.07, 6.45) is 4.80. The summed E-state index contributed by atoms with van der Waals surface area (Å²) in [5.74, 6) is 0.336. The van der Waals surface area contributed by atoms with Gasteiger partial charge in [0.1, 0.15) is 0 Å². The second-order valence-electron chi connectivity index (χ2n) is 9.77. The molecule has 3 unspecified atom stereocenters. The van der Waals surface area contributed by atoms with Gasteiger partial charge in [0, 0.05) is 17.6 Å². The van der Waals surface area contributed by atoms with E-state index < -0.39 is 5.97 Å². The standard InChI is InChI=1S/C16H24O.C12H13NO2/c1-12(2)14-9-10-16(3,11-15(14)17)13-7-5-4-6-8-13;14-12(15)7-3-5-10-8-9-4-1-2-6-11(9)13-10/h4-8,12,14-15,17H,9-11H2,1-3H3;1-2,4,6,8,13H,3,5,7H2,(H,14,15). The summed E-state index contributed by atoms with van der Waals surface area (Å²) >= 11 is 0. The van der Waals surface area contributed by atoms with Crippen LogP contribution in [0.15, 0.2) is 60.7 Å². The van der Waals surface area contributed by atoms with Gasteiger partial charge in [-0.2, -0.15) is 0 Å². The van der Waals surface area contributed by atoms with Crippen LogP contribution in [-0.2, 0) is 16.6 Å². The third-order valence-corrected chi connectivity index (χ3v) is 6.93. The Hall–Kier alpha value is -2.59. The second kappa shape index (κ2) is 10.8. The van der Waals surface area contributed by atoms with Crippen LogP contribution < -0.4 is 0 Å². The van der Waals surface area contributed by atoms with Crippen LogP contribution in [0.5, 0.6) is 0 Å². The normalized spacial score (nSPS) is 23.0. The van der Waals surface area contributed by atoms with Crippen LogP contribution in [-0.4, -0.2) is 27.3 Å². The van der Waals surface area contributed by atoms with Gasteiger partial charge in [-0.1, -0.05) is 69.3 Å². The number of nitrogens with one attached hydrogen (secondary N) is 1. The van der Waals surface area contributed by atoms with Crippen molar-refractivity contribution in [3.05, 3.63) is 71.9 Å². The molecule has 1 heterocycles. The first-order valence-corrected chi connectivity index (χ1v) is 11.8. The van der Waals surface area contributed by atoms with Gasteiger partial charge in [0.2, 0.25) is 0 Å². The molecule has 1 aliphatic carbocycles. The van der Waals surface area contributed by atoms with Crippen molar-refractivity contribution in [3.63, 3.8) is 0 Å². The van der Waals surface area contributed by atoms with Crippen molar-refractivity contribution in [1.29, 1.82) is 0 Å². The molecule has 32 heavy (non-hydrogen) atoms. The maximum atomic E-state index is 10.4. The summed E-state index contributed by atoms with van der Waals surface area (Å²) in [7, 11) is 0. The fourth-order valence-corrected chi connectivity index (χ4v) is 4.97. The summed E-state index contributed by atoms with van der Waals surface area (Å²) < 4.78 is 0. The van der Waals surface area contributed by atoms with E-state index in [0.29, 0.717) is 18.3 Å². The van der Waals surface area contributed by atoms with Gasteiger partial charge in [0.25, 0.3) is 0 Å². The number of hydrogen-bond donors (Lipinski definition) is 3. The van der Waals surface area contributed by atoms with E-state index in [1.807, 2.05) is 24.3 Å². The fourth-order valence-electron chi connectivity index (χ4n) is 4.97. The topological polar surface area (TPSA) is 73.3 Å². The van der Waals surface area contributed by atoms with Crippen molar-refractivity contribution < 1.29 is 15.0 Å². The van der Waals surface area contributed by atoms with Gasteiger partial charge in [0.15, 0.2) is 0 Å². The molecule has 4 rings (SSSR count). The molecule has 4 heteroatoms. The van der Waals surface area contributed by atoms with Crippen molar-refractivity contribution in [2.24, 2.45) is 11.8 Å². The largest absolute Gasteiger partial charge is 0.481 e. The Morgan fingerprint density at radius 2 is 1.81 bits per heavy atom. The van der Waals surface area contributed by atoms with E-state index >= 15 is 0 Å². The van der Waals surface area contributed by atoms with Crippen LogP contribution in [0.3, 0.4) is 0 Å². The van der Waals surface area contributed by atoms with Gasteiger partial charge in [0.05, 0.1) is 6.10 Å². The first-order chi connectivity index (χ1) is 15.3. The zero-order valence-electron chi connectivity index (χ0n) is 19.6. The van der Waals surface area contributed by atoms with Crippen molar-refractivity contribution in [1.82, 2.24) is 4.98 Å². The zero-order valence-corrected chi connectivity index (χ0v) is 19.6. The minimum Gasteiger partial charge on any atom is -0.481 e. The molecule has 1 aromatic heterocycles. The average molecular weight is 436 g/mol. The van der Waals surface area contributed by atoms with E-state index in [0.717, 1.165) is 30.5 Å². The summed E-state index contributed by atoms with van der Waals surface area (Å²) in [5.41, 5.74) is 3.76. The van der Waals surface area contributed by atoms with Crippen LogP contribution >= 0.6 is 0 Å². The predicted molar refractivity (Wildman–Crippen MR) is 131 cm³/mol. The molecule has 4 nitrogen and oxygen atoms in total. The number of aromatic amines is 1. The lowest BCUT2D eigenvalue weighted by Gasteiger charge is -2.42. The van der Waals surface area contributed by atoms with Gasteiger partial charge < -0.3 is 15.2 Å². The van der Waals surface area contributed by atoms with E-state index in [4.69, 9.17) is 5.11 Å². The average Bonchev–Trinajstić information content (AvgIpc) is 3.17. The maximum Gasteiger partial charge on any atom is 0.303 e. The van der Waals surface area contributed by atoms with Crippen LogP contribution in [0.25, 0.3) is 10.9 Å². The fraction of sp³-hybridized carbons (Fsp3) is 0.464. The number of benzene rings is 2. The van der Waals surface area contributed by atoms with Crippen molar-refractivity contribution in [2.75, 3.05) is 0 Å².